The molecule has 0 bridgehead atoms. The number of methoxy groups -OCH3 is 1. The highest BCUT2D eigenvalue weighted by molar-refractivity contribution is 5.06. The minimum Gasteiger partial charge on any atom is -0.480 e. The Morgan fingerprint density at radius 1 is 1.60 bits per heavy atom. The van der Waals surface area contributed by atoms with Crippen molar-refractivity contribution in [2.45, 2.75) is 26.4 Å². The normalized spacial score (nSPS) is 12.5. The van der Waals surface area contributed by atoms with Crippen molar-refractivity contribution in [3.8, 4) is 5.88 Å². The summed E-state index contributed by atoms with van der Waals surface area (Å²) in [5.74, 6) is 0.457. The summed E-state index contributed by atoms with van der Waals surface area (Å²) in [5.41, 5.74) is -0.111. The zero-order chi connectivity index (χ0) is 11.3. The van der Waals surface area contributed by atoms with Crippen molar-refractivity contribution < 1.29 is 4.74 Å². The van der Waals surface area contributed by atoms with Crippen LogP contribution < -0.4 is 15.6 Å². The standard InChI is InChI=1S/C10H17N3O2/c1-4-11-8(2)7-13-10(14)6-5-9(12-13)15-3/h5-6,8,11H,4,7H2,1-3H3. The number of hydrogen-bond donors (Lipinski definition) is 1. The predicted octanol–water partition coefficient (Wildman–Crippen LogP) is 0.250. The van der Waals surface area contributed by atoms with Crippen LogP contribution in [-0.4, -0.2) is 29.5 Å². The van der Waals surface area contributed by atoms with Crippen LogP contribution >= 0.6 is 0 Å². The molecule has 1 heterocycles. The third-order valence-corrected chi connectivity index (χ3v) is 2.05. The topological polar surface area (TPSA) is 56.1 Å². The van der Waals surface area contributed by atoms with Gasteiger partial charge < -0.3 is 10.1 Å². The van der Waals surface area contributed by atoms with Crippen molar-refractivity contribution in [3.05, 3.63) is 22.5 Å². The van der Waals surface area contributed by atoms with Gasteiger partial charge in [-0.25, -0.2) is 4.68 Å². The monoisotopic (exact) mass is 211 g/mol. The number of likely N-dealkylation sites (N-methyl/N-ethyl adjacent to an activating group) is 1. The lowest BCUT2D eigenvalue weighted by Crippen LogP contribution is -2.35. The van der Waals surface area contributed by atoms with E-state index >= 15 is 0 Å². The molecule has 84 valence electrons. The van der Waals surface area contributed by atoms with Crippen LogP contribution in [0, 0.1) is 0 Å². The maximum atomic E-state index is 11.4. The Balaban J connectivity index is 2.79. The van der Waals surface area contributed by atoms with E-state index in [4.69, 9.17) is 4.74 Å². The number of rotatable bonds is 5. The molecule has 0 saturated heterocycles. The van der Waals surface area contributed by atoms with Gasteiger partial charge in [0.15, 0.2) is 0 Å². The van der Waals surface area contributed by atoms with Crippen molar-refractivity contribution in [3.63, 3.8) is 0 Å². The average Bonchev–Trinajstić information content (AvgIpc) is 2.21. The first-order chi connectivity index (χ1) is 7.17. The molecule has 1 N–H and O–H groups in total. The molecule has 0 aromatic carbocycles. The Morgan fingerprint density at radius 3 is 2.93 bits per heavy atom. The molecule has 1 unspecified atom stereocenters. The van der Waals surface area contributed by atoms with E-state index in [1.54, 1.807) is 6.07 Å². The van der Waals surface area contributed by atoms with Crippen LogP contribution in [0.5, 0.6) is 5.88 Å². The summed E-state index contributed by atoms with van der Waals surface area (Å²) in [6, 6.07) is 3.24. The van der Waals surface area contributed by atoms with Crippen LogP contribution in [0.2, 0.25) is 0 Å². The fraction of sp³-hybridized carbons (Fsp3) is 0.600. The van der Waals surface area contributed by atoms with E-state index < -0.39 is 0 Å². The molecule has 1 atom stereocenters. The Hall–Kier alpha value is -1.36. The molecule has 5 heteroatoms. The first kappa shape index (κ1) is 11.7. The Bertz CT molecular complexity index is 362. The second-order valence-corrected chi connectivity index (χ2v) is 3.35. The molecule has 1 rings (SSSR count). The first-order valence-corrected chi connectivity index (χ1v) is 5.03. The Labute approximate surface area is 89.1 Å². The quantitative estimate of drug-likeness (QED) is 0.758. The van der Waals surface area contributed by atoms with Crippen molar-refractivity contribution in [1.29, 1.82) is 0 Å². The van der Waals surface area contributed by atoms with Gasteiger partial charge in [0.25, 0.3) is 5.56 Å². The lowest BCUT2D eigenvalue weighted by molar-refractivity contribution is 0.364. The number of aromatic nitrogens is 2. The first-order valence-electron chi connectivity index (χ1n) is 5.03. The van der Waals surface area contributed by atoms with Gasteiger partial charge in [-0.3, -0.25) is 4.79 Å². The zero-order valence-corrected chi connectivity index (χ0v) is 9.36. The van der Waals surface area contributed by atoms with Crippen LogP contribution in [0.4, 0.5) is 0 Å². The highest BCUT2D eigenvalue weighted by Crippen LogP contribution is 1.99. The van der Waals surface area contributed by atoms with Gasteiger partial charge in [0, 0.05) is 18.2 Å². The number of hydrogen-bond acceptors (Lipinski definition) is 4. The van der Waals surface area contributed by atoms with E-state index in [9.17, 15) is 4.79 Å². The fourth-order valence-corrected chi connectivity index (χ4v) is 1.34. The third-order valence-electron chi connectivity index (χ3n) is 2.05. The fourth-order valence-electron chi connectivity index (χ4n) is 1.34. The highest BCUT2D eigenvalue weighted by atomic mass is 16.5. The van der Waals surface area contributed by atoms with Gasteiger partial charge in [0.1, 0.15) is 0 Å². The molecular formula is C10H17N3O2. The van der Waals surface area contributed by atoms with Gasteiger partial charge in [0.05, 0.1) is 13.7 Å². The molecule has 0 aliphatic rings. The van der Waals surface area contributed by atoms with E-state index in [2.05, 4.69) is 10.4 Å². The zero-order valence-electron chi connectivity index (χ0n) is 9.36. The third kappa shape index (κ3) is 3.36. The van der Waals surface area contributed by atoms with Crippen molar-refractivity contribution in [2.24, 2.45) is 0 Å². The molecule has 1 aromatic rings. The maximum Gasteiger partial charge on any atom is 0.267 e. The van der Waals surface area contributed by atoms with E-state index in [0.717, 1.165) is 6.54 Å². The SMILES string of the molecule is CCNC(C)Cn1nc(OC)ccc1=O. The smallest absolute Gasteiger partial charge is 0.267 e. The highest BCUT2D eigenvalue weighted by Gasteiger charge is 2.05. The van der Waals surface area contributed by atoms with Gasteiger partial charge in [0.2, 0.25) is 5.88 Å². The van der Waals surface area contributed by atoms with Gasteiger partial charge in [-0.15, -0.1) is 5.10 Å². The summed E-state index contributed by atoms with van der Waals surface area (Å²) in [4.78, 5) is 11.4. The molecule has 0 aliphatic carbocycles. The molecule has 0 saturated carbocycles. The van der Waals surface area contributed by atoms with Crippen LogP contribution in [0.3, 0.4) is 0 Å². The lowest BCUT2D eigenvalue weighted by atomic mass is 10.3. The Morgan fingerprint density at radius 2 is 2.33 bits per heavy atom. The van der Waals surface area contributed by atoms with Crippen LogP contribution in [-0.2, 0) is 6.54 Å². The summed E-state index contributed by atoms with van der Waals surface area (Å²) < 4.78 is 6.37. The second kappa shape index (κ2) is 5.50. The largest absolute Gasteiger partial charge is 0.480 e. The molecule has 0 aliphatic heterocycles. The molecule has 0 amide bonds. The van der Waals surface area contributed by atoms with E-state index in [-0.39, 0.29) is 11.6 Å². The average molecular weight is 211 g/mol. The summed E-state index contributed by atoms with van der Waals surface area (Å²) in [6.07, 6.45) is 0. The number of nitrogens with one attached hydrogen (secondary N) is 1. The van der Waals surface area contributed by atoms with Crippen molar-refractivity contribution in [1.82, 2.24) is 15.1 Å². The second-order valence-electron chi connectivity index (χ2n) is 3.35. The molecule has 0 spiro atoms. The van der Waals surface area contributed by atoms with Gasteiger partial charge >= 0.3 is 0 Å². The molecule has 1 aromatic heterocycles. The molecular weight excluding hydrogens is 194 g/mol. The van der Waals surface area contributed by atoms with Crippen LogP contribution in [0.1, 0.15) is 13.8 Å². The molecule has 0 radical (unpaired) electrons. The minimum absolute atomic E-state index is 0.111. The van der Waals surface area contributed by atoms with E-state index in [1.807, 2.05) is 13.8 Å². The van der Waals surface area contributed by atoms with Crippen LogP contribution in [0.15, 0.2) is 16.9 Å². The summed E-state index contributed by atoms with van der Waals surface area (Å²) in [6.45, 7) is 5.46. The summed E-state index contributed by atoms with van der Waals surface area (Å²) in [7, 11) is 1.53. The Kier molecular flexibility index (Phi) is 4.30. The summed E-state index contributed by atoms with van der Waals surface area (Å²) in [5, 5.41) is 7.27. The van der Waals surface area contributed by atoms with E-state index in [1.165, 1.54) is 17.9 Å². The van der Waals surface area contributed by atoms with E-state index in [0.29, 0.717) is 12.4 Å². The van der Waals surface area contributed by atoms with Crippen LogP contribution in [0.25, 0.3) is 0 Å². The lowest BCUT2D eigenvalue weighted by Gasteiger charge is -2.13. The molecule has 0 fully saturated rings. The number of ether oxygens (including phenoxy) is 1. The predicted molar refractivity (Wildman–Crippen MR) is 58.2 cm³/mol. The number of nitrogens with zero attached hydrogens (tertiary/aromatic N) is 2. The van der Waals surface area contributed by atoms with Gasteiger partial charge in [-0.05, 0) is 13.5 Å². The van der Waals surface area contributed by atoms with Crippen molar-refractivity contribution in [2.75, 3.05) is 13.7 Å². The minimum atomic E-state index is -0.111. The van der Waals surface area contributed by atoms with Gasteiger partial charge in [-0.2, -0.15) is 0 Å². The maximum absolute atomic E-state index is 11.4. The molecule has 5 nitrogen and oxygen atoms in total. The summed E-state index contributed by atoms with van der Waals surface area (Å²) >= 11 is 0. The van der Waals surface area contributed by atoms with Gasteiger partial charge in [-0.1, -0.05) is 6.92 Å². The molecule has 15 heavy (non-hydrogen) atoms. The van der Waals surface area contributed by atoms with Crippen molar-refractivity contribution >= 4 is 0 Å².